The third kappa shape index (κ3) is 2.95. The smallest absolute Gasteiger partial charge is 0.132 e. The van der Waals surface area contributed by atoms with Crippen molar-refractivity contribution in [2.75, 3.05) is 14.1 Å². The molecule has 0 aliphatic heterocycles. The van der Waals surface area contributed by atoms with Gasteiger partial charge in [-0.25, -0.2) is 0 Å². The van der Waals surface area contributed by atoms with E-state index in [-0.39, 0.29) is 0 Å². The quantitative estimate of drug-likeness (QED) is 0.699. The highest BCUT2D eigenvalue weighted by Crippen LogP contribution is 2.21. The Labute approximate surface area is 104 Å². The van der Waals surface area contributed by atoms with Crippen molar-refractivity contribution in [1.29, 1.82) is 0 Å². The Balaban J connectivity index is 2.20. The minimum absolute atomic E-state index is 0.879. The fourth-order valence-electron chi connectivity index (χ4n) is 2.07. The lowest BCUT2D eigenvalue weighted by Gasteiger charge is -2.29. The highest BCUT2D eigenvalue weighted by molar-refractivity contribution is 5.42. The number of hydrogen-bond donors (Lipinski definition) is 0. The van der Waals surface area contributed by atoms with Crippen LogP contribution in [0.1, 0.15) is 11.1 Å². The Morgan fingerprint density at radius 1 is 0.824 bits per heavy atom. The average molecular weight is 226 g/mol. The molecule has 0 aliphatic rings. The van der Waals surface area contributed by atoms with Crippen LogP contribution in [-0.4, -0.2) is 14.1 Å². The van der Waals surface area contributed by atoms with E-state index in [9.17, 15) is 0 Å². The minimum Gasteiger partial charge on any atom is -0.292 e. The summed E-state index contributed by atoms with van der Waals surface area (Å²) in [6, 6.07) is 19.4. The Morgan fingerprint density at radius 3 is 2.00 bits per heavy atom. The summed E-state index contributed by atoms with van der Waals surface area (Å²) in [5, 5.41) is 0. The first kappa shape index (κ1) is 11.9. The molecule has 0 atom stereocenters. The number of nitrogens with zero attached hydrogens (tertiary/aromatic N) is 1. The van der Waals surface area contributed by atoms with Crippen molar-refractivity contribution < 1.29 is 0 Å². The molecule has 1 nitrogen and oxygen atoms in total. The fraction of sp³-hybridized carbons (Fsp3) is 0.250. The van der Waals surface area contributed by atoms with E-state index < -0.39 is 0 Å². The van der Waals surface area contributed by atoms with Gasteiger partial charge in [-0.05, 0) is 19.1 Å². The van der Waals surface area contributed by atoms with Crippen molar-refractivity contribution in [3.05, 3.63) is 65.7 Å². The van der Waals surface area contributed by atoms with E-state index in [0.717, 1.165) is 11.0 Å². The van der Waals surface area contributed by atoms with E-state index in [0.29, 0.717) is 0 Å². The standard InChI is InChI=1S/C16H20N/c1-14-9-11-15(12-10-14)13-17(2,3)16-7-5-4-6-8-16/h4-12H,13H2,1-3H3/q+1. The molecule has 0 radical (unpaired) electrons. The summed E-state index contributed by atoms with van der Waals surface area (Å²) in [5.74, 6) is 0. The van der Waals surface area contributed by atoms with Gasteiger partial charge in [0.1, 0.15) is 12.2 Å². The van der Waals surface area contributed by atoms with Gasteiger partial charge in [0, 0.05) is 5.56 Å². The summed E-state index contributed by atoms with van der Waals surface area (Å²) in [4.78, 5) is 0. The van der Waals surface area contributed by atoms with Crippen LogP contribution < -0.4 is 4.48 Å². The van der Waals surface area contributed by atoms with Crippen molar-refractivity contribution in [3.8, 4) is 0 Å². The zero-order chi connectivity index (χ0) is 12.3. The van der Waals surface area contributed by atoms with Crippen LogP contribution in [0, 0.1) is 6.92 Å². The molecule has 0 aromatic heterocycles. The molecular weight excluding hydrogens is 206 g/mol. The summed E-state index contributed by atoms with van der Waals surface area (Å²) in [6.07, 6.45) is 0. The van der Waals surface area contributed by atoms with Crippen LogP contribution in [0.25, 0.3) is 0 Å². The maximum absolute atomic E-state index is 2.25. The molecule has 0 spiro atoms. The highest BCUT2D eigenvalue weighted by Gasteiger charge is 2.18. The van der Waals surface area contributed by atoms with Crippen LogP contribution in [0.3, 0.4) is 0 Å². The molecule has 0 fully saturated rings. The molecule has 0 aliphatic carbocycles. The first-order chi connectivity index (χ1) is 8.08. The Bertz CT molecular complexity index is 469. The Hall–Kier alpha value is -1.60. The maximum Gasteiger partial charge on any atom is 0.132 e. The zero-order valence-corrected chi connectivity index (χ0v) is 10.9. The van der Waals surface area contributed by atoms with Crippen LogP contribution >= 0.6 is 0 Å². The number of aryl methyl sites for hydroxylation is 1. The largest absolute Gasteiger partial charge is 0.292 e. The second-order valence-corrected chi connectivity index (χ2v) is 5.16. The van der Waals surface area contributed by atoms with Crippen LogP contribution in [0.2, 0.25) is 0 Å². The van der Waals surface area contributed by atoms with Crippen molar-refractivity contribution in [2.24, 2.45) is 0 Å². The van der Waals surface area contributed by atoms with Crippen molar-refractivity contribution in [1.82, 2.24) is 4.48 Å². The Kier molecular flexibility index (Phi) is 3.30. The molecule has 0 heterocycles. The number of quaternary nitrogens is 1. The van der Waals surface area contributed by atoms with Crippen molar-refractivity contribution >= 4 is 5.69 Å². The zero-order valence-electron chi connectivity index (χ0n) is 10.9. The van der Waals surface area contributed by atoms with Gasteiger partial charge >= 0.3 is 0 Å². The molecule has 2 aromatic carbocycles. The molecule has 88 valence electrons. The molecule has 0 N–H and O–H groups in total. The van der Waals surface area contributed by atoms with Gasteiger partial charge in [-0.3, -0.25) is 4.48 Å². The van der Waals surface area contributed by atoms with Gasteiger partial charge in [0.25, 0.3) is 0 Å². The van der Waals surface area contributed by atoms with Crippen LogP contribution in [0.15, 0.2) is 54.6 Å². The average Bonchev–Trinajstić information content (AvgIpc) is 2.33. The lowest BCUT2D eigenvalue weighted by molar-refractivity contribution is 0.392. The summed E-state index contributed by atoms with van der Waals surface area (Å²) in [7, 11) is 4.49. The summed E-state index contributed by atoms with van der Waals surface area (Å²) in [5.41, 5.74) is 4.04. The maximum atomic E-state index is 2.25. The molecule has 1 heteroatoms. The first-order valence-corrected chi connectivity index (χ1v) is 6.02. The van der Waals surface area contributed by atoms with Gasteiger partial charge in [-0.2, -0.15) is 0 Å². The summed E-state index contributed by atoms with van der Waals surface area (Å²) >= 11 is 0. The second kappa shape index (κ2) is 4.72. The second-order valence-electron chi connectivity index (χ2n) is 5.16. The first-order valence-electron chi connectivity index (χ1n) is 6.02. The van der Waals surface area contributed by atoms with Gasteiger partial charge in [0.15, 0.2) is 0 Å². The monoisotopic (exact) mass is 226 g/mol. The van der Waals surface area contributed by atoms with E-state index in [2.05, 4.69) is 75.6 Å². The summed E-state index contributed by atoms with van der Waals surface area (Å²) in [6.45, 7) is 3.14. The van der Waals surface area contributed by atoms with Gasteiger partial charge in [-0.1, -0.05) is 48.0 Å². The molecule has 0 bridgehead atoms. The van der Waals surface area contributed by atoms with Crippen molar-refractivity contribution in [3.63, 3.8) is 0 Å². The fourth-order valence-corrected chi connectivity index (χ4v) is 2.07. The summed E-state index contributed by atoms with van der Waals surface area (Å²) < 4.78 is 0.879. The van der Waals surface area contributed by atoms with E-state index in [4.69, 9.17) is 0 Å². The third-order valence-electron chi connectivity index (χ3n) is 3.15. The molecule has 2 rings (SSSR count). The molecule has 0 saturated carbocycles. The molecule has 0 saturated heterocycles. The molecule has 0 unspecified atom stereocenters. The van der Waals surface area contributed by atoms with Crippen LogP contribution in [-0.2, 0) is 6.54 Å². The number of rotatable bonds is 3. The van der Waals surface area contributed by atoms with E-state index in [1.54, 1.807) is 0 Å². The lowest BCUT2D eigenvalue weighted by Crippen LogP contribution is -2.39. The van der Waals surface area contributed by atoms with Gasteiger partial charge in [0.2, 0.25) is 0 Å². The molecular formula is C16H20N+. The van der Waals surface area contributed by atoms with E-state index >= 15 is 0 Å². The number of hydrogen-bond acceptors (Lipinski definition) is 0. The van der Waals surface area contributed by atoms with Gasteiger partial charge in [0.05, 0.1) is 14.1 Å². The molecule has 0 amide bonds. The predicted molar refractivity (Wildman–Crippen MR) is 75.0 cm³/mol. The normalized spacial score (nSPS) is 11.5. The Morgan fingerprint density at radius 2 is 1.41 bits per heavy atom. The molecule has 17 heavy (non-hydrogen) atoms. The predicted octanol–water partition coefficient (Wildman–Crippen LogP) is 3.76. The van der Waals surface area contributed by atoms with Crippen LogP contribution in [0.5, 0.6) is 0 Å². The SMILES string of the molecule is Cc1ccc(C[N+](C)(C)c2ccccc2)cc1. The van der Waals surface area contributed by atoms with E-state index in [1.807, 2.05) is 0 Å². The third-order valence-corrected chi connectivity index (χ3v) is 3.15. The lowest BCUT2D eigenvalue weighted by atomic mass is 10.1. The van der Waals surface area contributed by atoms with E-state index in [1.165, 1.54) is 16.8 Å². The number of benzene rings is 2. The minimum atomic E-state index is 0.879. The van der Waals surface area contributed by atoms with Crippen LogP contribution in [0.4, 0.5) is 5.69 Å². The van der Waals surface area contributed by atoms with Gasteiger partial charge in [-0.15, -0.1) is 0 Å². The van der Waals surface area contributed by atoms with Gasteiger partial charge < -0.3 is 0 Å². The number of para-hydroxylation sites is 1. The molecule has 2 aromatic rings. The topological polar surface area (TPSA) is 0 Å². The van der Waals surface area contributed by atoms with Crippen molar-refractivity contribution in [2.45, 2.75) is 13.5 Å². The highest BCUT2D eigenvalue weighted by atomic mass is 15.3.